The molecule has 0 aliphatic heterocycles. The monoisotopic (exact) mass is 452 g/mol. The van der Waals surface area contributed by atoms with Crippen molar-refractivity contribution in [3.8, 4) is 5.75 Å². The number of ether oxygens (including phenoxy) is 2. The van der Waals surface area contributed by atoms with Gasteiger partial charge in [-0.25, -0.2) is 9.59 Å². The standard InChI is InChI=1S/C24H24N2O7/c1-3-5-6-7-18(33-17(27)4-2)32-12-8-9-13-14(10-12)23(29)19-16(25)11-15(24(30)31)21(26)20(19)22(13)28/h4,8-11,18H,2-3,5-7,25-26H2,1H3,(H,30,31). The van der Waals surface area contributed by atoms with Crippen LogP contribution in [0.4, 0.5) is 11.4 Å². The van der Waals surface area contributed by atoms with Crippen molar-refractivity contribution in [3.63, 3.8) is 0 Å². The summed E-state index contributed by atoms with van der Waals surface area (Å²) in [5, 5.41) is 9.33. The number of fused-ring (bicyclic) bond motifs is 2. The van der Waals surface area contributed by atoms with E-state index in [-0.39, 0.29) is 44.9 Å². The molecule has 0 heterocycles. The highest BCUT2D eigenvalue weighted by molar-refractivity contribution is 6.32. The molecule has 2 aromatic carbocycles. The van der Waals surface area contributed by atoms with E-state index in [0.29, 0.717) is 6.42 Å². The second kappa shape index (κ2) is 9.56. The summed E-state index contributed by atoms with van der Waals surface area (Å²) < 4.78 is 11.0. The average Bonchev–Trinajstić information content (AvgIpc) is 2.78. The lowest BCUT2D eigenvalue weighted by Gasteiger charge is -2.23. The van der Waals surface area contributed by atoms with Crippen LogP contribution in [0.5, 0.6) is 5.75 Å². The lowest BCUT2D eigenvalue weighted by atomic mass is 9.81. The normalized spacial score (nSPS) is 13.0. The molecule has 0 radical (unpaired) electrons. The Balaban J connectivity index is 1.98. The number of nitrogens with two attached hydrogens (primary N) is 2. The molecule has 1 aliphatic carbocycles. The molecule has 0 aromatic heterocycles. The van der Waals surface area contributed by atoms with Crippen LogP contribution in [-0.2, 0) is 9.53 Å². The number of carbonyl (C=O) groups excluding carboxylic acids is 3. The van der Waals surface area contributed by atoms with Crippen LogP contribution >= 0.6 is 0 Å². The third-order valence-electron chi connectivity index (χ3n) is 5.29. The molecular formula is C24H24N2O7. The van der Waals surface area contributed by atoms with Crippen LogP contribution in [0.2, 0.25) is 0 Å². The van der Waals surface area contributed by atoms with E-state index < -0.39 is 29.8 Å². The van der Waals surface area contributed by atoms with Gasteiger partial charge >= 0.3 is 11.9 Å². The van der Waals surface area contributed by atoms with Gasteiger partial charge in [-0.15, -0.1) is 0 Å². The number of esters is 1. The van der Waals surface area contributed by atoms with Gasteiger partial charge in [0, 0.05) is 29.3 Å². The number of nitrogen functional groups attached to an aromatic ring is 2. The largest absolute Gasteiger partial charge is 0.478 e. The quantitative estimate of drug-likeness (QED) is 0.145. The summed E-state index contributed by atoms with van der Waals surface area (Å²) in [5.74, 6) is -3.00. The molecular weight excluding hydrogens is 428 g/mol. The number of carboxylic acid groups (broad SMARTS) is 1. The van der Waals surface area contributed by atoms with Crippen molar-refractivity contribution in [2.75, 3.05) is 11.5 Å². The zero-order valence-electron chi connectivity index (χ0n) is 18.1. The zero-order chi connectivity index (χ0) is 24.3. The van der Waals surface area contributed by atoms with Crippen molar-refractivity contribution in [2.45, 2.75) is 38.9 Å². The summed E-state index contributed by atoms with van der Waals surface area (Å²) in [6.45, 7) is 5.41. The second-order valence-electron chi connectivity index (χ2n) is 7.53. The Morgan fingerprint density at radius 2 is 1.79 bits per heavy atom. The highest BCUT2D eigenvalue weighted by atomic mass is 16.7. The van der Waals surface area contributed by atoms with Gasteiger partial charge in [0.25, 0.3) is 0 Å². The van der Waals surface area contributed by atoms with Gasteiger partial charge in [0.1, 0.15) is 5.75 Å². The van der Waals surface area contributed by atoms with Gasteiger partial charge in [-0.1, -0.05) is 26.3 Å². The maximum atomic E-state index is 13.2. The number of anilines is 2. The molecule has 33 heavy (non-hydrogen) atoms. The first-order chi connectivity index (χ1) is 15.7. The number of hydrogen-bond acceptors (Lipinski definition) is 8. The van der Waals surface area contributed by atoms with Gasteiger partial charge in [0.05, 0.1) is 22.4 Å². The fourth-order valence-electron chi connectivity index (χ4n) is 3.66. The number of hydrogen-bond donors (Lipinski definition) is 3. The smallest absolute Gasteiger partial charge is 0.337 e. The van der Waals surface area contributed by atoms with Crippen LogP contribution in [0.15, 0.2) is 36.9 Å². The fourth-order valence-corrected chi connectivity index (χ4v) is 3.66. The van der Waals surface area contributed by atoms with E-state index in [1.165, 1.54) is 18.2 Å². The summed E-state index contributed by atoms with van der Waals surface area (Å²) in [6.07, 6.45) is 3.19. The Labute approximate surface area is 190 Å². The number of carboxylic acids is 1. The van der Waals surface area contributed by atoms with E-state index in [2.05, 4.69) is 6.58 Å². The number of ketones is 2. The van der Waals surface area contributed by atoms with Gasteiger partial charge in [-0.3, -0.25) is 9.59 Å². The van der Waals surface area contributed by atoms with E-state index in [1.807, 2.05) is 6.92 Å². The van der Waals surface area contributed by atoms with Crippen LogP contribution in [0.3, 0.4) is 0 Å². The van der Waals surface area contributed by atoms with Crippen LogP contribution in [-0.4, -0.2) is 34.9 Å². The molecule has 0 fully saturated rings. The Morgan fingerprint density at radius 1 is 1.09 bits per heavy atom. The molecule has 5 N–H and O–H groups in total. The maximum absolute atomic E-state index is 13.2. The molecule has 0 saturated carbocycles. The van der Waals surface area contributed by atoms with Gasteiger partial charge in [0.15, 0.2) is 11.6 Å². The van der Waals surface area contributed by atoms with Crippen molar-refractivity contribution < 1.29 is 33.8 Å². The fraction of sp³-hybridized carbons (Fsp3) is 0.250. The predicted molar refractivity (Wildman–Crippen MR) is 120 cm³/mol. The van der Waals surface area contributed by atoms with E-state index in [0.717, 1.165) is 31.4 Å². The number of carbonyl (C=O) groups is 4. The molecule has 9 heteroatoms. The van der Waals surface area contributed by atoms with Crippen LogP contribution < -0.4 is 16.2 Å². The van der Waals surface area contributed by atoms with Gasteiger partial charge in [-0.05, 0) is 30.7 Å². The van der Waals surface area contributed by atoms with Gasteiger partial charge in [0.2, 0.25) is 6.29 Å². The van der Waals surface area contributed by atoms with E-state index >= 15 is 0 Å². The van der Waals surface area contributed by atoms with Gasteiger partial charge in [-0.2, -0.15) is 0 Å². The summed E-state index contributed by atoms with van der Waals surface area (Å²) >= 11 is 0. The summed E-state index contributed by atoms with van der Waals surface area (Å²) in [4.78, 5) is 49.4. The Bertz CT molecular complexity index is 1170. The first-order valence-electron chi connectivity index (χ1n) is 10.4. The van der Waals surface area contributed by atoms with E-state index in [1.54, 1.807) is 0 Å². The van der Waals surface area contributed by atoms with E-state index in [4.69, 9.17) is 20.9 Å². The highest BCUT2D eigenvalue weighted by Crippen LogP contribution is 2.37. The molecule has 1 aliphatic rings. The molecule has 1 unspecified atom stereocenters. The van der Waals surface area contributed by atoms with Crippen LogP contribution in [0.1, 0.15) is 74.8 Å². The molecule has 3 rings (SSSR count). The zero-order valence-corrected chi connectivity index (χ0v) is 18.1. The Kier molecular flexibility index (Phi) is 6.81. The molecule has 1 atom stereocenters. The predicted octanol–water partition coefficient (Wildman–Crippen LogP) is 3.34. The number of unbranched alkanes of at least 4 members (excludes halogenated alkanes) is 2. The van der Waals surface area contributed by atoms with Crippen LogP contribution in [0, 0.1) is 0 Å². The maximum Gasteiger partial charge on any atom is 0.337 e. The molecule has 0 bridgehead atoms. The third-order valence-corrected chi connectivity index (χ3v) is 5.29. The highest BCUT2D eigenvalue weighted by Gasteiger charge is 2.35. The Hall–Kier alpha value is -4.14. The van der Waals surface area contributed by atoms with Crippen molar-refractivity contribution >= 4 is 34.9 Å². The second-order valence-corrected chi connectivity index (χ2v) is 7.53. The summed E-state index contributed by atoms with van der Waals surface area (Å²) in [6, 6.07) is 5.28. The average molecular weight is 452 g/mol. The molecule has 2 aromatic rings. The SMILES string of the molecule is C=CC(=O)OC(CCCCC)Oc1ccc2c(c1)C(=O)c1c(N)cc(C(=O)O)c(N)c1C2=O. The summed E-state index contributed by atoms with van der Waals surface area (Å²) in [7, 11) is 0. The first kappa shape index (κ1) is 23.5. The number of aromatic carboxylic acids is 1. The molecule has 0 spiro atoms. The third kappa shape index (κ3) is 4.57. The minimum absolute atomic E-state index is 0.0292. The lowest BCUT2D eigenvalue weighted by Crippen LogP contribution is -2.26. The number of rotatable bonds is 9. The minimum Gasteiger partial charge on any atom is -0.478 e. The molecule has 172 valence electrons. The first-order valence-corrected chi connectivity index (χ1v) is 10.4. The topological polar surface area (TPSA) is 159 Å². The van der Waals surface area contributed by atoms with Crippen molar-refractivity contribution in [1.29, 1.82) is 0 Å². The molecule has 0 saturated heterocycles. The van der Waals surface area contributed by atoms with Gasteiger partial charge < -0.3 is 26.0 Å². The van der Waals surface area contributed by atoms with Crippen molar-refractivity contribution in [1.82, 2.24) is 0 Å². The number of benzene rings is 2. The Morgan fingerprint density at radius 3 is 2.42 bits per heavy atom. The van der Waals surface area contributed by atoms with Crippen molar-refractivity contribution in [3.05, 3.63) is 64.7 Å². The molecule has 0 amide bonds. The van der Waals surface area contributed by atoms with E-state index in [9.17, 15) is 24.3 Å². The van der Waals surface area contributed by atoms with Crippen molar-refractivity contribution in [2.24, 2.45) is 0 Å². The minimum atomic E-state index is -1.36. The summed E-state index contributed by atoms with van der Waals surface area (Å²) in [5.41, 5.74) is 10.7. The lowest BCUT2D eigenvalue weighted by molar-refractivity contribution is -0.158. The molecule has 9 nitrogen and oxygen atoms in total. The van der Waals surface area contributed by atoms with Crippen LogP contribution in [0.25, 0.3) is 0 Å².